The molecule has 3 nitrogen and oxygen atoms in total. The standard InChI is InChI=1S/C43H27N3/c44-28-29-23-24-34(43(25-29)46-41-21-7-3-17-37(41)38-18-4-8-22-42(38)46)32-13-9-11-30(26-32)31-12-10-14-33(27-31)45-39-19-5-1-15-35(39)36-16-2-6-20-40(36)45/h1-27H. The Bertz CT molecular complexity index is 2560. The minimum atomic E-state index is 0.635. The molecule has 0 N–H and O–H groups in total. The lowest BCUT2D eigenvalue weighted by atomic mass is 9.96. The molecular formula is C43H27N3. The van der Waals surface area contributed by atoms with Crippen LogP contribution in [0.2, 0.25) is 0 Å². The van der Waals surface area contributed by atoms with Crippen LogP contribution in [0.15, 0.2) is 164 Å². The minimum absolute atomic E-state index is 0.635. The van der Waals surface area contributed by atoms with Gasteiger partial charge in [0.15, 0.2) is 0 Å². The highest BCUT2D eigenvalue weighted by Gasteiger charge is 2.17. The van der Waals surface area contributed by atoms with Gasteiger partial charge in [0.05, 0.1) is 39.4 Å². The summed E-state index contributed by atoms with van der Waals surface area (Å²) in [5.41, 5.74) is 11.8. The fourth-order valence-electron chi connectivity index (χ4n) is 7.10. The molecule has 7 aromatic carbocycles. The van der Waals surface area contributed by atoms with Crippen LogP contribution in [0.3, 0.4) is 0 Å². The summed E-state index contributed by atoms with van der Waals surface area (Å²) in [7, 11) is 0. The maximum absolute atomic E-state index is 9.92. The van der Waals surface area contributed by atoms with Crippen molar-refractivity contribution >= 4 is 43.6 Å². The molecular weight excluding hydrogens is 558 g/mol. The van der Waals surface area contributed by atoms with E-state index in [0.717, 1.165) is 44.7 Å². The van der Waals surface area contributed by atoms with Gasteiger partial charge < -0.3 is 9.13 Å². The van der Waals surface area contributed by atoms with Crippen molar-refractivity contribution in [2.24, 2.45) is 0 Å². The van der Waals surface area contributed by atoms with Crippen molar-refractivity contribution in [3.8, 4) is 39.7 Å². The maximum atomic E-state index is 9.92. The van der Waals surface area contributed by atoms with Gasteiger partial charge in [-0.1, -0.05) is 109 Å². The summed E-state index contributed by atoms with van der Waals surface area (Å²) < 4.78 is 4.66. The highest BCUT2D eigenvalue weighted by atomic mass is 15.0. The zero-order valence-electron chi connectivity index (χ0n) is 24.9. The van der Waals surface area contributed by atoms with E-state index >= 15 is 0 Å². The molecule has 46 heavy (non-hydrogen) atoms. The number of para-hydroxylation sites is 4. The van der Waals surface area contributed by atoms with E-state index in [2.05, 4.69) is 167 Å². The van der Waals surface area contributed by atoms with Gasteiger partial charge in [-0.25, -0.2) is 0 Å². The van der Waals surface area contributed by atoms with Crippen LogP contribution in [0.4, 0.5) is 0 Å². The normalized spacial score (nSPS) is 11.5. The van der Waals surface area contributed by atoms with Crippen LogP contribution in [0.1, 0.15) is 5.56 Å². The Labute approximate surface area is 266 Å². The fraction of sp³-hybridized carbons (Fsp3) is 0. The average Bonchev–Trinajstić information content (AvgIpc) is 3.65. The maximum Gasteiger partial charge on any atom is 0.0992 e. The summed E-state index contributed by atoms with van der Waals surface area (Å²) in [6.07, 6.45) is 0. The molecule has 0 aliphatic carbocycles. The molecule has 2 heterocycles. The van der Waals surface area contributed by atoms with Crippen molar-refractivity contribution < 1.29 is 0 Å². The first kappa shape index (κ1) is 26.1. The van der Waals surface area contributed by atoms with Crippen LogP contribution in [0, 0.1) is 11.3 Å². The Morgan fingerprint density at radius 1 is 0.391 bits per heavy atom. The molecule has 214 valence electrons. The van der Waals surface area contributed by atoms with E-state index in [4.69, 9.17) is 0 Å². The van der Waals surface area contributed by atoms with Gasteiger partial charge in [-0.15, -0.1) is 0 Å². The largest absolute Gasteiger partial charge is 0.309 e. The van der Waals surface area contributed by atoms with Gasteiger partial charge >= 0.3 is 0 Å². The van der Waals surface area contributed by atoms with Crippen molar-refractivity contribution in [2.75, 3.05) is 0 Å². The van der Waals surface area contributed by atoms with Gasteiger partial charge in [-0.3, -0.25) is 0 Å². The number of benzene rings is 7. The first-order valence-corrected chi connectivity index (χ1v) is 15.5. The van der Waals surface area contributed by atoms with Crippen LogP contribution in [-0.2, 0) is 0 Å². The first-order valence-electron chi connectivity index (χ1n) is 15.5. The molecule has 0 amide bonds. The second-order valence-electron chi connectivity index (χ2n) is 11.7. The predicted molar refractivity (Wildman–Crippen MR) is 191 cm³/mol. The van der Waals surface area contributed by atoms with Gasteiger partial charge in [-0.2, -0.15) is 5.26 Å². The van der Waals surface area contributed by atoms with Gasteiger partial charge in [0.2, 0.25) is 0 Å². The third-order valence-electron chi connectivity index (χ3n) is 9.14. The zero-order chi connectivity index (χ0) is 30.6. The smallest absolute Gasteiger partial charge is 0.0992 e. The third kappa shape index (κ3) is 3.98. The number of nitriles is 1. The van der Waals surface area contributed by atoms with Gasteiger partial charge in [0, 0.05) is 32.8 Å². The molecule has 9 aromatic rings. The van der Waals surface area contributed by atoms with Crippen molar-refractivity contribution in [3.05, 3.63) is 169 Å². The first-order chi connectivity index (χ1) is 22.8. The van der Waals surface area contributed by atoms with Crippen LogP contribution in [0.25, 0.3) is 77.2 Å². The summed E-state index contributed by atoms with van der Waals surface area (Å²) >= 11 is 0. The lowest BCUT2D eigenvalue weighted by molar-refractivity contribution is 1.18. The van der Waals surface area contributed by atoms with Crippen LogP contribution >= 0.6 is 0 Å². The molecule has 2 aromatic heterocycles. The monoisotopic (exact) mass is 585 g/mol. The number of hydrogen-bond donors (Lipinski definition) is 0. The Morgan fingerprint density at radius 2 is 0.870 bits per heavy atom. The molecule has 0 saturated heterocycles. The molecule has 0 unspecified atom stereocenters. The molecule has 0 aliphatic rings. The Kier molecular flexibility index (Phi) is 5.88. The van der Waals surface area contributed by atoms with E-state index in [1.165, 1.54) is 32.6 Å². The van der Waals surface area contributed by atoms with Crippen molar-refractivity contribution in [2.45, 2.75) is 0 Å². The summed E-state index contributed by atoms with van der Waals surface area (Å²) in [6.45, 7) is 0. The van der Waals surface area contributed by atoms with Crippen LogP contribution in [-0.4, -0.2) is 9.13 Å². The molecule has 0 fully saturated rings. The quantitative estimate of drug-likeness (QED) is 0.202. The predicted octanol–water partition coefficient (Wildman–Crippen LogP) is 11.1. The molecule has 0 atom stereocenters. The van der Waals surface area contributed by atoms with E-state index in [9.17, 15) is 5.26 Å². The van der Waals surface area contributed by atoms with Crippen LogP contribution < -0.4 is 0 Å². The fourth-order valence-corrected chi connectivity index (χ4v) is 7.10. The highest BCUT2D eigenvalue weighted by Crippen LogP contribution is 2.38. The Morgan fingerprint density at radius 3 is 1.43 bits per heavy atom. The van der Waals surface area contributed by atoms with E-state index in [1.54, 1.807) is 0 Å². The van der Waals surface area contributed by atoms with E-state index in [0.29, 0.717) is 5.56 Å². The summed E-state index contributed by atoms with van der Waals surface area (Å²) in [6, 6.07) is 60.2. The second-order valence-corrected chi connectivity index (χ2v) is 11.7. The molecule has 0 saturated carbocycles. The highest BCUT2D eigenvalue weighted by molar-refractivity contribution is 6.10. The number of hydrogen-bond acceptors (Lipinski definition) is 1. The molecule has 0 aliphatic heterocycles. The number of rotatable bonds is 4. The van der Waals surface area contributed by atoms with E-state index in [1.807, 2.05) is 12.1 Å². The Balaban J connectivity index is 1.22. The molecule has 9 rings (SSSR count). The van der Waals surface area contributed by atoms with Crippen molar-refractivity contribution in [1.82, 2.24) is 9.13 Å². The molecule has 3 heteroatoms. The summed E-state index contributed by atoms with van der Waals surface area (Å²) in [5.74, 6) is 0. The number of aromatic nitrogens is 2. The van der Waals surface area contributed by atoms with Gasteiger partial charge in [0.1, 0.15) is 0 Å². The van der Waals surface area contributed by atoms with Gasteiger partial charge in [-0.05, 0) is 71.3 Å². The molecule has 0 radical (unpaired) electrons. The van der Waals surface area contributed by atoms with Crippen molar-refractivity contribution in [1.29, 1.82) is 5.26 Å². The lowest BCUT2D eigenvalue weighted by Crippen LogP contribution is -1.98. The van der Waals surface area contributed by atoms with E-state index in [-0.39, 0.29) is 0 Å². The molecule has 0 spiro atoms. The van der Waals surface area contributed by atoms with Crippen molar-refractivity contribution in [3.63, 3.8) is 0 Å². The summed E-state index contributed by atoms with van der Waals surface area (Å²) in [5, 5.41) is 14.8. The molecule has 0 bridgehead atoms. The Hall–Kier alpha value is -6.37. The number of nitrogens with zero attached hydrogens (tertiary/aromatic N) is 3. The third-order valence-corrected chi connectivity index (χ3v) is 9.14. The second kappa shape index (κ2) is 10.4. The van der Waals surface area contributed by atoms with E-state index < -0.39 is 0 Å². The SMILES string of the molecule is N#Cc1ccc(-c2cccc(-c3cccc(-n4c5ccccc5c5ccccc54)c3)c2)c(-n2c3ccccc3c3ccccc32)c1. The van der Waals surface area contributed by atoms with Crippen LogP contribution in [0.5, 0.6) is 0 Å². The lowest BCUT2D eigenvalue weighted by Gasteiger charge is -2.16. The minimum Gasteiger partial charge on any atom is -0.309 e. The van der Waals surface area contributed by atoms with Gasteiger partial charge in [0.25, 0.3) is 0 Å². The number of fused-ring (bicyclic) bond motifs is 6. The topological polar surface area (TPSA) is 33.6 Å². The zero-order valence-corrected chi connectivity index (χ0v) is 24.9. The summed E-state index contributed by atoms with van der Waals surface area (Å²) in [4.78, 5) is 0. The average molecular weight is 586 g/mol.